The number of benzene rings is 2. The maximum atomic E-state index is 10.7. The summed E-state index contributed by atoms with van der Waals surface area (Å²) in [6.07, 6.45) is 0.779. The first-order chi connectivity index (χ1) is 8.60. The molecule has 2 aromatic carbocycles. The van der Waals surface area contributed by atoms with Crippen molar-refractivity contribution in [1.82, 2.24) is 0 Å². The van der Waals surface area contributed by atoms with Gasteiger partial charge in [-0.2, -0.15) is 0 Å². The maximum absolute atomic E-state index is 10.7. The van der Waals surface area contributed by atoms with Crippen molar-refractivity contribution in [3.05, 3.63) is 57.6 Å². The molecule has 4 heteroatoms. The van der Waals surface area contributed by atoms with Crippen LogP contribution in [0.4, 0.5) is 0 Å². The lowest BCUT2D eigenvalue weighted by atomic mass is 10.1. The van der Waals surface area contributed by atoms with E-state index < -0.39 is 0 Å². The third kappa shape index (κ3) is 2.84. The Bertz CT molecular complexity index is 594. The molecule has 2 rings (SSSR count). The van der Waals surface area contributed by atoms with Gasteiger partial charge in [-0.1, -0.05) is 35.3 Å². The number of aryl methyl sites for hydroxylation is 1. The Morgan fingerprint density at radius 2 is 1.83 bits per heavy atom. The highest BCUT2D eigenvalue weighted by atomic mass is 35.5. The van der Waals surface area contributed by atoms with E-state index in [1.54, 1.807) is 30.3 Å². The SMILES string of the molecule is Cc1ccc(C=O)cc1Oc1ccc(Cl)c(Cl)c1. The molecule has 92 valence electrons. The van der Waals surface area contributed by atoms with E-state index >= 15 is 0 Å². The van der Waals surface area contributed by atoms with Gasteiger partial charge < -0.3 is 4.74 Å². The first-order valence-corrected chi connectivity index (χ1v) is 6.04. The summed E-state index contributed by atoms with van der Waals surface area (Å²) in [4.78, 5) is 10.7. The number of carbonyl (C=O) groups excluding carboxylic acids is 1. The summed E-state index contributed by atoms with van der Waals surface area (Å²) < 4.78 is 5.69. The first kappa shape index (κ1) is 12.9. The standard InChI is InChI=1S/C14H10Cl2O2/c1-9-2-3-10(8-17)6-14(9)18-11-4-5-12(15)13(16)7-11/h2-8H,1H3. The van der Waals surface area contributed by atoms with Gasteiger partial charge in [-0.15, -0.1) is 0 Å². The van der Waals surface area contributed by atoms with Gasteiger partial charge in [0.2, 0.25) is 0 Å². The number of rotatable bonds is 3. The number of carbonyl (C=O) groups is 1. The summed E-state index contributed by atoms with van der Waals surface area (Å²) in [5, 5.41) is 0.903. The smallest absolute Gasteiger partial charge is 0.150 e. The molecule has 0 heterocycles. The van der Waals surface area contributed by atoms with E-state index in [1.807, 2.05) is 13.0 Å². The zero-order valence-electron chi connectivity index (χ0n) is 9.61. The monoisotopic (exact) mass is 280 g/mol. The van der Waals surface area contributed by atoms with Gasteiger partial charge in [0.15, 0.2) is 0 Å². The number of aldehydes is 1. The predicted octanol–water partition coefficient (Wildman–Crippen LogP) is 4.91. The molecule has 18 heavy (non-hydrogen) atoms. The van der Waals surface area contributed by atoms with Crippen LogP contribution >= 0.6 is 23.2 Å². The van der Waals surface area contributed by atoms with Crippen LogP contribution < -0.4 is 4.74 Å². The van der Waals surface area contributed by atoms with Crippen molar-refractivity contribution in [2.45, 2.75) is 6.92 Å². The Morgan fingerprint density at radius 3 is 2.50 bits per heavy atom. The van der Waals surface area contributed by atoms with Gasteiger partial charge in [-0.3, -0.25) is 4.79 Å². The van der Waals surface area contributed by atoms with E-state index in [-0.39, 0.29) is 0 Å². The van der Waals surface area contributed by atoms with Gasteiger partial charge in [0.05, 0.1) is 10.0 Å². The van der Waals surface area contributed by atoms with Gasteiger partial charge >= 0.3 is 0 Å². The molecule has 0 unspecified atom stereocenters. The van der Waals surface area contributed by atoms with E-state index in [4.69, 9.17) is 27.9 Å². The summed E-state index contributed by atoms with van der Waals surface area (Å²) >= 11 is 11.7. The molecular formula is C14H10Cl2O2. The lowest BCUT2D eigenvalue weighted by Crippen LogP contribution is -1.90. The molecule has 0 radical (unpaired) electrons. The second-order valence-electron chi connectivity index (χ2n) is 3.82. The lowest BCUT2D eigenvalue weighted by molar-refractivity contribution is 0.112. The van der Waals surface area contributed by atoms with Gasteiger partial charge in [-0.05, 0) is 30.7 Å². The van der Waals surface area contributed by atoms with Crippen LogP contribution in [0.25, 0.3) is 0 Å². The zero-order chi connectivity index (χ0) is 13.1. The van der Waals surface area contributed by atoms with Crippen molar-refractivity contribution in [2.75, 3.05) is 0 Å². The van der Waals surface area contributed by atoms with Gasteiger partial charge in [0, 0.05) is 11.6 Å². The fraction of sp³-hybridized carbons (Fsp3) is 0.0714. The van der Waals surface area contributed by atoms with Crippen LogP contribution in [0.3, 0.4) is 0 Å². The van der Waals surface area contributed by atoms with Crippen molar-refractivity contribution in [2.24, 2.45) is 0 Å². The van der Waals surface area contributed by atoms with Crippen LogP contribution in [0.15, 0.2) is 36.4 Å². The lowest BCUT2D eigenvalue weighted by Gasteiger charge is -2.09. The molecule has 0 aliphatic rings. The van der Waals surface area contributed by atoms with E-state index in [1.165, 1.54) is 0 Å². The highest BCUT2D eigenvalue weighted by Gasteiger charge is 2.05. The molecule has 2 aromatic rings. The van der Waals surface area contributed by atoms with Gasteiger partial charge in [0.1, 0.15) is 17.8 Å². The third-order valence-corrected chi connectivity index (χ3v) is 3.21. The fourth-order valence-corrected chi connectivity index (χ4v) is 1.76. The van der Waals surface area contributed by atoms with Gasteiger partial charge in [0.25, 0.3) is 0 Å². The molecule has 0 saturated heterocycles. The molecule has 0 fully saturated rings. The molecule has 0 bridgehead atoms. The average molecular weight is 281 g/mol. The van der Waals surface area contributed by atoms with Gasteiger partial charge in [-0.25, -0.2) is 0 Å². The maximum Gasteiger partial charge on any atom is 0.150 e. The van der Waals surface area contributed by atoms with Crippen molar-refractivity contribution in [3.63, 3.8) is 0 Å². The van der Waals surface area contributed by atoms with Crippen LogP contribution in [0.5, 0.6) is 11.5 Å². The van der Waals surface area contributed by atoms with Crippen molar-refractivity contribution in [3.8, 4) is 11.5 Å². The normalized spacial score (nSPS) is 10.2. The minimum atomic E-state index is 0.429. The molecule has 2 nitrogen and oxygen atoms in total. The molecule has 0 atom stereocenters. The third-order valence-electron chi connectivity index (χ3n) is 2.47. The summed E-state index contributed by atoms with van der Waals surface area (Å²) in [7, 11) is 0. The molecule has 0 N–H and O–H groups in total. The second kappa shape index (κ2) is 5.42. The Balaban J connectivity index is 2.33. The average Bonchev–Trinajstić information content (AvgIpc) is 2.36. The van der Waals surface area contributed by atoms with E-state index in [2.05, 4.69) is 0 Å². The highest BCUT2D eigenvalue weighted by Crippen LogP contribution is 2.31. The molecule has 0 saturated carbocycles. The van der Waals surface area contributed by atoms with E-state index in [0.717, 1.165) is 11.8 Å². The Kier molecular flexibility index (Phi) is 3.90. The van der Waals surface area contributed by atoms with E-state index in [0.29, 0.717) is 27.1 Å². The summed E-state index contributed by atoms with van der Waals surface area (Å²) in [5.74, 6) is 1.20. The molecule has 0 amide bonds. The topological polar surface area (TPSA) is 26.3 Å². The first-order valence-electron chi connectivity index (χ1n) is 5.29. The number of hydrogen-bond donors (Lipinski definition) is 0. The molecule has 0 aromatic heterocycles. The largest absolute Gasteiger partial charge is 0.457 e. The van der Waals surface area contributed by atoms with Crippen LogP contribution in [0.2, 0.25) is 10.0 Å². The second-order valence-corrected chi connectivity index (χ2v) is 4.64. The summed E-state index contributed by atoms with van der Waals surface area (Å²) in [6, 6.07) is 10.3. The number of ether oxygens (including phenoxy) is 1. The Morgan fingerprint density at radius 1 is 1.06 bits per heavy atom. The molecule has 0 spiro atoms. The van der Waals surface area contributed by atoms with Crippen molar-refractivity contribution in [1.29, 1.82) is 0 Å². The Hall–Kier alpha value is -1.51. The highest BCUT2D eigenvalue weighted by molar-refractivity contribution is 6.42. The van der Waals surface area contributed by atoms with E-state index in [9.17, 15) is 4.79 Å². The minimum absolute atomic E-state index is 0.429. The zero-order valence-corrected chi connectivity index (χ0v) is 11.1. The predicted molar refractivity (Wildman–Crippen MR) is 73.1 cm³/mol. The summed E-state index contributed by atoms with van der Waals surface area (Å²) in [6.45, 7) is 1.90. The minimum Gasteiger partial charge on any atom is -0.457 e. The summed E-state index contributed by atoms with van der Waals surface area (Å²) in [5.41, 5.74) is 1.50. The molecular weight excluding hydrogens is 271 g/mol. The van der Waals surface area contributed by atoms with Crippen molar-refractivity contribution < 1.29 is 9.53 Å². The fourth-order valence-electron chi connectivity index (χ4n) is 1.47. The number of hydrogen-bond acceptors (Lipinski definition) is 2. The van der Waals surface area contributed by atoms with Crippen LogP contribution in [0.1, 0.15) is 15.9 Å². The van der Waals surface area contributed by atoms with Crippen molar-refractivity contribution >= 4 is 29.5 Å². The molecule has 0 aliphatic heterocycles. The van der Waals surface area contributed by atoms with Crippen LogP contribution in [-0.4, -0.2) is 6.29 Å². The number of halogens is 2. The van der Waals surface area contributed by atoms with Crippen LogP contribution in [-0.2, 0) is 0 Å². The van der Waals surface area contributed by atoms with Crippen LogP contribution in [0, 0.1) is 6.92 Å². The quantitative estimate of drug-likeness (QED) is 0.747. The molecule has 0 aliphatic carbocycles. The Labute approximate surface area is 115 Å².